The Kier molecular flexibility index (Phi) is 5.95. The van der Waals surface area contributed by atoms with Gasteiger partial charge in [-0.1, -0.05) is 66.7 Å². The lowest BCUT2D eigenvalue weighted by atomic mass is 9.91. The van der Waals surface area contributed by atoms with Crippen molar-refractivity contribution in [3.63, 3.8) is 0 Å². The second kappa shape index (κ2) is 8.95. The summed E-state index contributed by atoms with van der Waals surface area (Å²) in [5, 5.41) is 3.18. The second-order valence-corrected chi connectivity index (χ2v) is 7.66. The summed E-state index contributed by atoms with van der Waals surface area (Å²) in [5.41, 5.74) is 5.94. The molecule has 0 fully saturated rings. The first-order chi connectivity index (χ1) is 14.2. The van der Waals surface area contributed by atoms with Gasteiger partial charge in [-0.25, -0.2) is 0 Å². The van der Waals surface area contributed by atoms with Crippen LogP contribution in [0.4, 0.5) is 0 Å². The van der Waals surface area contributed by atoms with Gasteiger partial charge in [-0.3, -0.25) is 4.79 Å². The molecule has 0 bridgehead atoms. The number of rotatable bonds is 6. The summed E-state index contributed by atoms with van der Waals surface area (Å²) >= 11 is 0. The molecule has 3 aromatic carbocycles. The molecule has 0 radical (unpaired) electrons. The van der Waals surface area contributed by atoms with Crippen molar-refractivity contribution in [2.45, 2.75) is 38.6 Å². The standard InChI is InChI=1S/C26H27NO2/c1-19-10-5-7-15-22(19)26(21-12-3-2-4-13-21)27-25(28)18-29-24-17-9-14-20-11-6-8-16-23(20)24/h2-5,7,9-10,12-15,17,26H,6,8,11,16,18H2,1H3,(H,27,28)/t26-/m0/s1. The minimum atomic E-state index is -0.196. The van der Waals surface area contributed by atoms with E-state index in [0.29, 0.717) is 0 Å². The third-order valence-electron chi connectivity index (χ3n) is 5.65. The number of amides is 1. The van der Waals surface area contributed by atoms with E-state index < -0.39 is 0 Å². The van der Waals surface area contributed by atoms with Crippen LogP contribution in [-0.2, 0) is 17.6 Å². The molecule has 0 aromatic heterocycles. The Hall–Kier alpha value is -3.07. The Balaban J connectivity index is 1.50. The Morgan fingerprint density at radius 1 is 0.931 bits per heavy atom. The molecular formula is C26H27NO2. The van der Waals surface area contributed by atoms with Crippen LogP contribution in [0.15, 0.2) is 72.8 Å². The van der Waals surface area contributed by atoms with Crippen molar-refractivity contribution in [3.8, 4) is 5.75 Å². The molecule has 0 aliphatic heterocycles. The van der Waals surface area contributed by atoms with E-state index in [0.717, 1.165) is 35.3 Å². The Bertz CT molecular complexity index is 981. The predicted octanol–water partition coefficient (Wildman–Crippen LogP) is 5.16. The molecule has 0 saturated heterocycles. The molecule has 4 rings (SSSR count). The number of hydrogen-bond donors (Lipinski definition) is 1. The summed E-state index contributed by atoms with van der Waals surface area (Å²) in [4.78, 5) is 12.8. The number of hydrogen-bond acceptors (Lipinski definition) is 2. The van der Waals surface area contributed by atoms with Gasteiger partial charge in [-0.05, 0) is 66.5 Å². The maximum Gasteiger partial charge on any atom is 0.258 e. The van der Waals surface area contributed by atoms with Crippen LogP contribution < -0.4 is 10.1 Å². The van der Waals surface area contributed by atoms with Gasteiger partial charge in [-0.15, -0.1) is 0 Å². The van der Waals surface area contributed by atoms with Crippen molar-refractivity contribution in [1.29, 1.82) is 0 Å². The first-order valence-corrected chi connectivity index (χ1v) is 10.4. The van der Waals surface area contributed by atoms with Crippen molar-refractivity contribution < 1.29 is 9.53 Å². The summed E-state index contributed by atoms with van der Waals surface area (Å²) in [6.07, 6.45) is 4.54. The molecular weight excluding hydrogens is 358 g/mol. The molecule has 3 nitrogen and oxygen atoms in total. The van der Waals surface area contributed by atoms with Gasteiger partial charge in [-0.2, -0.15) is 0 Å². The van der Waals surface area contributed by atoms with E-state index in [1.807, 2.05) is 54.6 Å². The lowest BCUT2D eigenvalue weighted by Gasteiger charge is -2.23. The Morgan fingerprint density at radius 2 is 1.69 bits per heavy atom. The van der Waals surface area contributed by atoms with Gasteiger partial charge in [0, 0.05) is 0 Å². The first-order valence-electron chi connectivity index (χ1n) is 10.4. The van der Waals surface area contributed by atoms with Crippen LogP contribution >= 0.6 is 0 Å². The van der Waals surface area contributed by atoms with Crippen molar-refractivity contribution >= 4 is 5.91 Å². The highest BCUT2D eigenvalue weighted by molar-refractivity contribution is 5.78. The van der Waals surface area contributed by atoms with E-state index in [2.05, 4.69) is 30.4 Å². The van der Waals surface area contributed by atoms with Gasteiger partial charge >= 0.3 is 0 Å². The smallest absolute Gasteiger partial charge is 0.258 e. The minimum absolute atomic E-state index is 0.0195. The molecule has 1 N–H and O–H groups in total. The number of ether oxygens (including phenoxy) is 1. The van der Waals surface area contributed by atoms with Gasteiger partial charge < -0.3 is 10.1 Å². The van der Waals surface area contributed by atoms with Gasteiger partial charge in [0.1, 0.15) is 5.75 Å². The average Bonchev–Trinajstić information content (AvgIpc) is 2.77. The number of benzene rings is 3. The van der Waals surface area contributed by atoms with Gasteiger partial charge in [0.15, 0.2) is 6.61 Å². The fourth-order valence-corrected chi connectivity index (χ4v) is 4.12. The Labute approximate surface area is 172 Å². The molecule has 0 unspecified atom stereocenters. The van der Waals surface area contributed by atoms with E-state index in [1.54, 1.807) is 0 Å². The molecule has 1 atom stereocenters. The number of nitrogens with one attached hydrogen (secondary N) is 1. The van der Waals surface area contributed by atoms with Gasteiger partial charge in [0.25, 0.3) is 5.91 Å². The second-order valence-electron chi connectivity index (χ2n) is 7.66. The lowest BCUT2D eigenvalue weighted by molar-refractivity contribution is -0.123. The maximum atomic E-state index is 12.8. The van der Waals surface area contributed by atoms with Crippen LogP contribution in [0.1, 0.15) is 46.7 Å². The predicted molar refractivity (Wildman–Crippen MR) is 116 cm³/mol. The van der Waals surface area contributed by atoms with Crippen LogP contribution in [0.2, 0.25) is 0 Å². The molecule has 3 heteroatoms. The third kappa shape index (κ3) is 4.51. The van der Waals surface area contributed by atoms with Crippen molar-refractivity contribution in [3.05, 3.63) is 101 Å². The fraction of sp³-hybridized carbons (Fsp3) is 0.269. The minimum Gasteiger partial charge on any atom is -0.483 e. The molecule has 3 aromatic rings. The molecule has 0 spiro atoms. The third-order valence-corrected chi connectivity index (χ3v) is 5.65. The van der Waals surface area contributed by atoms with Crippen molar-refractivity contribution in [2.24, 2.45) is 0 Å². The van der Waals surface area contributed by atoms with Crippen LogP contribution in [0.25, 0.3) is 0 Å². The Morgan fingerprint density at radius 3 is 2.52 bits per heavy atom. The highest BCUT2D eigenvalue weighted by atomic mass is 16.5. The van der Waals surface area contributed by atoms with Crippen LogP contribution in [0, 0.1) is 6.92 Å². The molecule has 0 heterocycles. The van der Waals surface area contributed by atoms with Gasteiger partial charge in [0.2, 0.25) is 0 Å². The molecule has 29 heavy (non-hydrogen) atoms. The lowest BCUT2D eigenvalue weighted by Crippen LogP contribution is -2.33. The average molecular weight is 386 g/mol. The zero-order valence-corrected chi connectivity index (χ0v) is 16.9. The van der Waals surface area contributed by atoms with E-state index >= 15 is 0 Å². The van der Waals surface area contributed by atoms with Crippen molar-refractivity contribution in [2.75, 3.05) is 6.61 Å². The van der Waals surface area contributed by atoms with E-state index in [9.17, 15) is 4.79 Å². The van der Waals surface area contributed by atoms with Crippen LogP contribution in [-0.4, -0.2) is 12.5 Å². The molecule has 1 aliphatic rings. The summed E-state index contributed by atoms with van der Waals surface area (Å²) in [7, 11) is 0. The number of aryl methyl sites for hydroxylation is 2. The zero-order chi connectivity index (χ0) is 20.1. The van der Waals surface area contributed by atoms with E-state index in [4.69, 9.17) is 4.74 Å². The van der Waals surface area contributed by atoms with Gasteiger partial charge in [0.05, 0.1) is 6.04 Å². The normalized spacial score (nSPS) is 14.0. The van der Waals surface area contributed by atoms with Crippen molar-refractivity contribution in [1.82, 2.24) is 5.32 Å². The summed E-state index contributed by atoms with van der Waals surface area (Å²) in [6.45, 7) is 2.09. The first kappa shape index (κ1) is 19.3. The molecule has 1 amide bonds. The molecule has 0 saturated carbocycles. The highest BCUT2D eigenvalue weighted by Gasteiger charge is 2.19. The zero-order valence-electron chi connectivity index (χ0n) is 16.9. The number of carbonyl (C=O) groups excluding carboxylic acids is 1. The number of carbonyl (C=O) groups is 1. The molecule has 148 valence electrons. The highest BCUT2D eigenvalue weighted by Crippen LogP contribution is 2.29. The SMILES string of the molecule is Cc1ccccc1[C@@H](NC(=O)COc1cccc2c1CCCC2)c1ccccc1. The molecule has 1 aliphatic carbocycles. The van der Waals surface area contributed by atoms with Crippen LogP contribution in [0.5, 0.6) is 5.75 Å². The van der Waals surface area contributed by atoms with E-state index in [-0.39, 0.29) is 18.6 Å². The van der Waals surface area contributed by atoms with Crippen LogP contribution in [0.3, 0.4) is 0 Å². The summed E-state index contributed by atoms with van der Waals surface area (Å²) < 4.78 is 5.96. The number of fused-ring (bicyclic) bond motifs is 1. The fourth-order valence-electron chi connectivity index (χ4n) is 4.12. The maximum absolute atomic E-state index is 12.8. The van der Waals surface area contributed by atoms with E-state index in [1.165, 1.54) is 24.0 Å². The largest absolute Gasteiger partial charge is 0.483 e. The quantitative estimate of drug-likeness (QED) is 0.637. The summed E-state index contributed by atoms with van der Waals surface area (Å²) in [6, 6.07) is 24.2. The monoisotopic (exact) mass is 385 g/mol. The topological polar surface area (TPSA) is 38.3 Å². The summed E-state index contributed by atoms with van der Waals surface area (Å²) in [5.74, 6) is 0.736.